The lowest BCUT2D eigenvalue weighted by molar-refractivity contribution is -0.137. The molecule has 1 aromatic carbocycles. The van der Waals surface area contributed by atoms with Crippen LogP contribution in [0.5, 0.6) is 0 Å². The fourth-order valence-electron chi connectivity index (χ4n) is 2.22. The summed E-state index contributed by atoms with van der Waals surface area (Å²) in [5.41, 5.74) is 3.44. The molecule has 0 bridgehead atoms. The first-order valence-corrected chi connectivity index (χ1v) is 6.52. The van der Waals surface area contributed by atoms with Crippen LogP contribution >= 0.6 is 0 Å². The van der Waals surface area contributed by atoms with Crippen molar-refractivity contribution in [3.8, 4) is 0 Å². The lowest BCUT2D eigenvalue weighted by Crippen LogP contribution is -2.28. The van der Waals surface area contributed by atoms with Crippen LogP contribution in [-0.2, 0) is 19.6 Å². The van der Waals surface area contributed by atoms with Crippen molar-refractivity contribution in [3.05, 3.63) is 53.3 Å². The van der Waals surface area contributed by atoms with E-state index in [1.165, 1.54) is 6.07 Å². The van der Waals surface area contributed by atoms with Gasteiger partial charge in [-0.05, 0) is 36.6 Å². The average Bonchev–Trinajstić information content (AvgIpc) is 2.84. The molecule has 1 atom stereocenters. The van der Waals surface area contributed by atoms with Crippen molar-refractivity contribution < 1.29 is 13.2 Å². The number of rotatable bonds is 5. The number of aryl methyl sites for hydroxylation is 2. The molecule has 0 aliphatic heterocycles. The van der Waals surface area contributed by atoms with E-state index in [1.807, 2.05) is 13.1 Å². The highest BCUT2D eigenvalue weighted by Crippen LogP contribution is 2.31. The van der Waals surface area contributed by atoms with Gasteiger partial charge in [0.15, 0.2) is 0 Å². The summed E-state index contributed by atoms with van der Waals surface area (Å²) in [7, 11) is 1.82. The quantitative estimate of drug-likeness (QED) is 0.659. The Kier molecular flexibility index (Phi) is 4.64. The van der Waals surface area contributed by atoms with Crippen molar-refractivity contribution in [2.24, 2.45) is 12.9 Å². The lowest BCUT2D eigenvalue weighted by Gasteiger charge is -2.18. The molecular weight excluding hydrogens is 281 g/mol. The molecule has 0 amide bonds. The molecule has 1 heterocycles. The van der Waals surface area contributed by atoms with Crippen LogP contribution in [0.4, 0.5) is 13.2 Å². The van der Waals surface area contributed by atoms with E-state index in [4.69, 9.17) is 5.84 Å². The fourth-order valence-corrected chi connectivity index (χ4v) is 2.22. The molecule has 0 saturated carbocycles. The Morgan fingerprint density at radius 1 is 1.33 bits per heavy atom. The molecule has 0 radical (unpaired) electrons. The molecule has 114 valence electrons. The van der Waals surface area contributed by atoms with Gasteiger partial charge in [-0.2, -0.15) is 18.3 Å². The molecule has 21 heavy (non-hydrogen) atoms. The molecule has 2 aromatic rings. The first kappa shape index (κ1) is 15.5. The zero-order chi connectivity index (χ0) is 15.5. The smallest absolute Gasteiger partial charge is 0.273 e. The molecule has 1 aromatic heterocycles. The fraction of sp³-hybridized carbons (Fsp3) is 0.357. The Balaban J connectivity index is 2.12. The highest BCUT2D eigenvalue weighted by molar-refractivity contribution is 5.28. The SMILES string of the molecule is Cn1nccc1CCC(NN)c1cccc(C(F)(F)F)c1. The zero-order valence-electron chi connectivity index (χ0n) is 11.6. The van der Waals surface area contributed by atoms with Crippen molar-refractivity contribution in [1.82, 2.24) is 15.2 Å². The van der Waals surface area contributed by atoms with Crippen molar-refractivity contribution in [2.45, 2.75) is 25.1 Å². The maximum atomic E-state index is 12.7. The van der Waals surface area contributed by atoms with Crippen molar-refractivity contribution in [3.63, 3.8) is 0 Å². The van der Waals surface area contributed by atoms with Crippen molar-refractivity contribution in [1.29, 1.82) is 0 Å². The largest absolute Gasteiger partial charge is 0.416 e. The number of halogens is 3. The van der Waals surface area contributed by atoms with Gasteiger partial charge in [-0.1, -0.05) is 12.1 Å². The van der Waals surface area contributed by atoms with Crippen LogP contribution in [0.25, 0.3) is 0 Å². The minimum atomic E-state index is -4.35. The Hall–Kier alpha value is -1.86. The second kappa shape index (κ2) is 6.28. The molecule has 2 rings (SSSR count). The van der Waals surface area contributed by atoms with E-state index < -0.39 is 11.7 Å². The van der Waals surface area contributed by atoms with Gasteiger partial charge in [0.1, 0.15) is 0 Å². The van der Waals surface area contributed by atoms with Crippen molar-refractivity contribution in [2.75, 3.05) is 0 Å². The third kappa shape index (κ3) is 3.83. The third-order valence-electron chi connectivity index (χ3n) is 3.43. The molecular formula is C14H17F3N4. The van der Waals surface area contributed by atoms with E-state index in [1.54, 1.807) is 16.9 Å². The number of nitrogens with two attached hydrogens (primary N) is 1. The van der Waals surface area contributed by atoms with Crippen LogP contribution in [0.15, 0.2) is 36.5 Å². The predicted molar refractivity (Wildman–Crippen MR) is 73.0 cm³/mol. The Morgan fingerprint density at radius 2 is 2.10 bits per heavy atom. The van der Waals surface area contributed by atoms with Gasteiger partial charge in [-0.3, -0.25) is 16.0 Å². The summed E-state index contributed by atoms with van der Waals surface area (Å²) < 4.78 is 39.9. The number of alkyl halides is 3. The maximum absolute atomic E-state index is 12.7. The molecule has 7 heteroatoms. The van der Waals surface area contributed by atoms with Gasteiger partial charge >= 0.3 is 6.18 Å². The van der Waals surface area contributed by atoms with Crippen LogP contribution < -0.4 is 11.3 Å². The van der Waals surface area contributed by atoms with Crippen LogP contribution in [0, 0.1) is 0 Å². The van der Waals surface area contributed by atoms with Gasteiger partial charge in [0.25, 0.3) is 0 Å². The Morgan fingerprint density at radius 3 is 2.67 bits per heavy atom. The van der Waals surface area contributed by atoms with Crippen LogP contribution in [-0.4, -0.2) is 9.78 Å². The van der Waals surface area contributed by atoms with Gasteiger partial charge in [0, 0.05) is 25.0 Å². The summed E-state index contributed by atoms with van der Waals surface area (Å²) in [5.74, 6) is 5.49. The monoisotopic (exact) mass is 298 g/mol. The molecule has 0 aliphatic rings. The van der Waals surface area contributed by atoms with Crippen molar-refractivity contribution >= 4 is 0 Å². The molecule has 3 N–H and O–H groups in total. The first-order chi connectivity index (χ1) is 9.91. The van der Waals surface area contributed by atoms with Gasteiger partial charge < -0.3 is 0 Å². The predicted octanol–water partition coefficient (Wildman–Crippen LogP) is 2.58. The number of hydrogen-bond acceptors (Lipinski definition) is 3. The summed E-state index contributed by atoms with van der Waals surface area (Å²) in [5, 5.41) is 4.06. The highest BCUT2D eigenvalue weighted by atomic mass is 19.4. The number of nitrogens with one attached hydrogen (secondary N) is 1. The highest BCUT2D eigenvalue weighted by Gasteiger charge is 2.30. The second-order valence-electron chi connectivity index (χ2n) is 4.83. The number of hydrogen-bond donors (Lipinski definition) is 2. The summed E-state index contributed by atoms with van der Waals surface area (Å²) in [6.45, 7) is 0. The van der Waals surface area contributed by atoms with E-state index in [-0.39, 0.29) is 6.04 Å². The number of hydrazine groups is 1. The molecule has 1 unspecified atom stereocenters. The average molecular weight is 298 g/mol. The third-order valence-corrected chi connectivity index (χ3v) is 3.43. The van der Waals surface area contributed by atoms with E-state index in [0.29, 0.717) is 18.4 Å². The molecule has 0 spiro atoms. The normalized spacial score (nSPS) is 13.4. The Bertz CT molecular complexity index is 592. The van der Waals surface area contributed by atoms with Gasteiger partial charge in [0.05, 0.1) is 5.56 Å². The van der Waals surface area contributed by atoms with Crippen LogP contribution in [0.3, 0.4) is 0 Å². The van der Waals surface area contributed by atoms with E-state index in [9.17, 15) is 13.2 Å². The maximum Gasteiger partial charge on any atom is 0.416 e. The van der Waals surface area contributed by atoms with E-state index in [0.717, 1.165) is 17.8 Å². The molecule has 4 nitrogen and oxygen atoms in total. The summed E-state index contributed by atoms with van der Waals surface area (Å²) >= 11 is 0. The minimum absolute atomic E-state index is 0.345. The number of benzene rings is 1. The van der Waals surface area contributed by atoms with E-state index in [2.05, 4.69) is 10.5 Å². The topological polar surface area (TPSA) is 55.9 Å². The Labute approximate surface area is 120 Å². The molecule has 0 fully saturated rings. The van der Waals surface area contributed by atoms with Crippen LogP contribution in [0.1, 0.15) is 29.3 Å². The lowest BCUT2D eigenvalue weighted by atomic mass is 9.99. The summed E-state index contributed by atoms with van der Waals surface area (Å²) in [6, 6.07) is 6.75. The summed E-state index contributed by atoms with van der Waals surface area (Å²) in [6.07, 6.45) is -1.42. The van der Waals surface area contributed by atoms with E-state index >= 15 is 0 Å². The first-order valence-electron chi connectivity index (χ1n) is 6.52. The molecule has 0 aliphatic carbocycles. The number of aromatic nitrogens is 2. The van der Waals surface area contributed by atoms with Gasteiger partial charge in [0.2, 0.25) is 0 Å². The van der Waals surface area contributed by atoms with Gasteiger partial charge in [-0.15, -0.1) is 0 Å². The summed E-state index contributed by atoms with van der Waals surface area (Å²) in [4.78, 5) is 0. The molecule has 0 saturated heterocycles. The standard InChI is InChI=1S/C14H17F3N4/c1-21-12(7-8-19-21)5-6-13(20-18)10-3-2-4-11(9-10)14(15,16)17/h2-4,7-9,13,20H,5-6,18H2,1H3. The second-order valence-corrected chi connectivity index (χ2v) is 4.83. The minimum Gasteiger partial charge on any atom is -0.273 e. The van der Waals surface area contributed by atoms with Crippen LogP contribution in [0.2, 0.25) is 0 Å². The zero-order valence-corrected chi connectivity index (χ0v) is 11.6. The van der Waals surface area contributed by atoms with Gasteiger partial charge in [-0.25, -0.2) is 0 Å². The number of nitrogens with zero attached hydrogens (tertiary/aromatic N) is 2.